The summed E-state index contributed by atoms with van der Waals surface area (Å²) < 4.78 is 42.7. The molecule has 3 aromatic rings. The zero-order chi connectivity index (χ0) is 18.9. The highest BCUT2D eigenvalue weighted by Crippen LogP contribution is 2.32. The van der Waals surface area contributed by atoms with Crippen molar-refractivity contribution in [1.82, 2.24) is 9.97 Å². The van der Waals surface area contributed by atoms with E-state index in [1.54, 1.807) is 24.3 Å². The summed E-state index contributed by atoms with van der Waals surface area (Å²) in [5.41, 5.74) is 4.91. The van der Waals surface area contributed by atoms with Crippen LogP contribution in [-0.2, 0) is 17.5 Å². The Morgan fingerprint density at radius 2 is 1.88 bits per heavy atom. The van der Waals surface area contributed by atoms with Gasteiger partial charge in [0.05, 0.1) is 11.1 Å². The minimum Gasteiger partial charge on any atom is -0.507 e. The zero-order valence-corrected chi connectivity index (χ0v) is 13.1. The van der Waals surface area contributed by atoms with Crippen molar-refractivity contribution in [2.45, 2.75) is 12.8 Å². The monoisotopic (exact) mass is 363 g/mol. The number of hydrogen-bond acceptors (Lipinski definition) is 6. The zero-order valence-electron chi connectivity index (χ0n) is 13.1. The summed E-state index contributed by atoms with van der Waals surface area (Å²) in [5, 5.41) is 10.3. The van der Waals surface area contributed by atoms with Crippen molar-refractivity contribution in [3.05, 3.63) is 59.4 Å². The number of benzene rings is 2. The Labute approximate surface area is 145 Å². The molecule has 0 spiro atoms. The molecule has 0 amide bonds. The first-order valence-electron chi connectivity index (χ1n) is 7.34. The van der Waals surface area contributed by atoms with Gasteiger partial charge in [0.1, 0.15) is 17.1 Å². The van der Waals surface area contributed by atoms with E-state index >= 15 is 0 Å². The van der Waals surface area contributed by atoms with E-state index in [9.17, 15) is 23.1 Å². The number of phenolic OH excluding ortho intramolecular Hbond substituents is 1. The molecule has 0 unspecified atom stereocenters. The number of nitrogens with zero attached hydrogens (tertiary/aromatic N) is 2. The molecule has 0 fully saturated rings. The van der Waals surface area contributed by atoms with E-state index < -0.39 is 29.0 Å². The first kappa shape index (κ1) is 17.5. The van der Waals surface area contributed by atoms with E-state index in [0.717, 1.165) is 6.07 Å². The molecule has 0 radical (unpaired) electrons. The number of anilines is 1. The Balaban J connectivity index is 1.77. The average molecular weight is 363 g/mol. The predicted molar refractivity (Wildman–Crippen MR) is 86.2 cm³/mol. The Kier molecular flexibility index (Phi) is 4.37. The molecule has 0 saturated carbocycles. The standard InChI is InChI=1S/C17H12F3N3O3/c18-17(19,20)9-5-6-11(13(24)7-9)16(25)26-8-14-22-12-4-2-1-3-10(12)15(21)23-14/h1-7,24H,8H2,(H2,21,22,23). The second kappa shape index (κ2) is 6.51. The molecule has 0 atom stereocenters. The molecule has 2 aromatic carbocycles. The summed E-state index contributed by atoms with van der Waals surface area (Å²) in [6.45, 7) is -0.353. The molecule has 9 heteroatoms. The van der Waals surface area contributed by atoms with Gasteiger partial charge in [-0.25, -0.2) is 14.8 Å². The summed E-state index contributed by atoms with van der Waals surface area (Å²) in [4.78, 5) is 20.2. The molecule has 0 bridgehead atoms. The number of halogens is 3. The fourth-order valence-corrected chi connectivity index (χ4v) is 2.30. The maximum absolute atomic E-state index is 12.6. The van der Waals surface area contributed by atoms with E-state index in [4.69, 9.17) is 10.5 Å². The number of nitrogen functional groups attached to an aromatic ring is 1. The van der Waals surface area contributed by atoms with Gasteiger partial charge in [0.15, 0.2) is 12.4 Å². The molecule has 1 heterocycles. The number of hydrogen-bond donors (Lipinski definition) is 2. The van der Waals surface area contributed by atoms with Crippen LogP contribution >= 0.6 is 0 Å². The summed E-state index contributed by atoms with van der Waals surface area (Å²) in [7, 11) is 0. The molecular formula is C17H12F3N3O3. The van der Waals surface area contributed by atoms with Crippen LogP contribution in [0.3, 0.4) is 0 Å². The molecule has 134 valence electrons. The van der Waals surface area contributed by atoms with Gasteiger partial charge in [-0.3, -0.25) is 0 Å². The fraction of sp³-hybridized carbons (Fsp3) is 0.118. The number of alkyl halides is 3. The number of rotatable bonds is 3. The minimum atomic E-state index is -4.63. The van der Waals surface area contributed by atoms with Crippen LogP contribution in [0.15, 0.2) is 42.5 Å². The van der Waals surface area contributed by atoms with Gasteiger partial charge in [-0.2, -0.15) is 13.2 Å². The van der Waals surface area contributed by atoms with Crippen molar-refractivity contribution >= 4 is 22.7 Å². The minimum absolute atomic E-state index is 0.126. The second-order valence-corrected chi connectivity index (χ2v) is 5.35. The number of para-hydroxylation sites is 1. The number of ether oxygens (including phenoxy) is 1. The number of aromatic hydroxyl groups is 1. The third kappa shape index (κ3) is 3.51. The number of aromatic nitrogens is 2. The van der Waals surface area contributed by atoms with Crippen LogP contribution in [0.5, 0.6) is 5.75 Å². The Morgan fingerprint density at radius 3 is 2.58 bits per heavy atom. The van der Waals surface area contributed by atoms with Gasteiger partial charge < -0.3 is 15.6 Å². The molecule has 3 rings (SSSR count). The molecule has 0 saturated heterocycles. The van der Waals surface area contributed by atoms with Crippen molar-refractivity contribution in [1.29, 1.82) is 0 Å². The molecule has 6 nitrogen and oxygen atoms in total. The lowest BCUT2D eigenvalue weighted by molar-refractivity contribution is -0.137. The van der Waals surface area contributed by atoms with Gasteiger partial charge in [-0.1, -0.05) is 12.1 Å². The van der Waals surface area contributed by atoms with E-state index in [1.807, 2.05) is 0 Å². The van der Waals surface area contributed by atoms with Crippen molar-refractivity contribution in [3.63, 3.8) is 0 Å². The van der Waals surface area contributed by atoms with Gasteiger partial charge in [-0.15, -0.1) is 0 Å². The van der Waals surface area contributed by atoms with Gasteiger partial charge >= 0.3 is 12.1 Å². The second-order valence-electron chi connectivity index (χ2n) is 5.35. The van der Waals surface area contributed by atoms with Crippen molar-refractivity contribution < 1.29 is 27.8 Å². The van der Waals surface area contributed by atoms with Crippen LogP contribution in [0.2, 0.25) is 0 Å². The number of nitrogens with two attached hydrogens (primary N) is 1. The van der Waals surface area contributed by atoms with Crippen LogP contribution in [-0.4, -0.2) is 21.0 Å². The molecule has 0 aliphatic rings. The summed E-state index contributed by atoms with van der Waals surface area (Å²) in [6, 6.07) is 8.96. The smallest absolute Gasteiger partial charge is 0.416 e. The maximum atomic E-state index is 12.6. The summed E-state index contributed by atoms with van der Waals surface area (Å²) in [6.07, 6.45) is -4.63. The molecular weight excluding hydrogens is 351 g/mol. The van der Waals surface area contributed by atoms with E-state index in [-0.39, 0.29) is 18.2 Å². The predicted octanol–water partition coefficient (Wildman–Crippen LogP) is 3.29. The number of carbonyl (C=O) groups excluding carboxylic acids is 1. The third-order valence-electron chi connectivity index (χ3n) is 3.56. The number of carbonyl (C=O) groups is 1. The number of esters is 1. The van der Waals surface area contributed by atoms with Crippen LogP contribution in [0.1, 0.15) is 21.7 Å². The third-order valence-corrected chi connectivity index (χ3v) is 3.56. The Bertz CT molecular complexity index is 990. The largest absolute Gasteiger partial charge is 0.507 e. The SMILES string of the molecule is Nc1nc(COC(=O)c2ccc(C(F)(F)F)cc2O)nc2ccccc12. The van der Waals surface area contributed by atoms with Crippen molar-refractivity contribution in [2.24, 2.45) is 0 Å². The van der Waals surface area contributed by atoms with Crippen molar-refractivity contribution in [2.75, 3.05) is 5.73 Å². The van der Waals surface area contributed by atoms with Crippen LogP contribution in [0, 0.1) is 0 Å². The lowest BCUT2D eigenvalue weighted by Gasteiger charge is -2.10. The van der Waals surface area contributed by atoms with Gasteiger partial charge in [-0.05, 0) is 30.3 Å². The van der Waals surface area contributed by atoms with E-state index in [1.165, 1.54) is 0 Å². The lowest BCUT2D eigenvalue weighted by atomic mass is 10.1. The highest BCUT2D eigenvalue weighted by Gasteiger charge is 2.31. The highest BCUT2D eigenvalue weighted by atomic mass is 19.4. The number of fused-ring (bicyclic) bond motifs is 1. The topological polar surface area (TPSA) is 98.3 Å². The van der Waals surface area contributed by atoms with Gasteiger partial charge in [0.2, 0.25) is 0 Å². The molecule has 1 aromatic heterocycles. The normalized spacial score (nSPS) is 11.5. The fourth-order valence-electron chi connectivity index (χ4n) is 2.30. The molecule has 3 N–H and O–H groups in total. The highest BCUT2D eigenvalue weighted by molar-refractivity contribution is 5.92. The lowest BCUT2D eigenvalue weighted by Crippen LogP contribution is -2.10. The van der Waals surface area contributed by atoms with Gasteiger partial charge in [0, 0.05) is 5.39 Å². The Hall–Kier alpha value is -3.36. The number of phenols is 1. The van der Waals surface area contributed by atoms with E-state index in [2.05, 4.69) is 9.97 Å². The Morgan fingerprint density at radius 1 is 1.15 bits per heavy atom. The summed E-state index contributed by atoms with van der Waals surface area (Å²) >= 11 is 0. The maximum Gasteiger partial charge on any atom is 0.416 e. The van der Waals surface area contributed by atoms with E-state index in [0.29, 0.717) is 23.0 Å². The van der Waals surface area contributed by atoms with Crippen LogP contribution < -0.4 is 5.73 Å². The summed E-state index contributed by atoms with van der Waals surface area (Å²) in [5.74, 6) is -1.50. The average Bonchev–Trinajstić information content (AvgIpc) is 2.59. The van der Waals surface area contributed by atoms with Gasteiger partial charge in [0.25, 0.3) is 0 Å². The molecule has 0 aliphatic heterocycles. The molecule has 0 aliphatic carbocycles. The quantitative estimate of drug-likeness (QED) is 0.693. The first-order chi connectivity index (χ1) is 12.3. The van der Waals surface area contributed by atoms with Crippen molar-refractivity contribution in [3.8, 4) is 5.75 Å². The molecule has 26 heavy (non-hydrogen) atoms. The van der Waals surface area contributed by atoms with Crippen LogP contribution in [0.4, 0.5) is 19.0 Å². The van der Waals surface area contributed by atoms with Crippen LogP contribution in [0.25, 0.3) is 10.9 Å². The first-order valence-corrected chi connectivity index (χ1v) is 7.34.